The number of hydrogen-bond donors (Lipinski definition) is 2. The van der Waals surface area contributed by atoms with Crippen molar-refractivity contribution in [3.63, 3.8) is 0 Å². The Morgan fingerprint density at radius 3 is 2.60 bits per heavy atom. The van der Waals surface area contributed by atoms with E-state index in [-0.39, 0.29) is 12.3 Å². The molecule has 0 spiro atoms. The number of para-hydroxylation sites is 2. The average molecular weight is 485 g/mol. The quantitative estimate of drug-likeness (QED) is 0.254. The zero-order chi connectivity index (χ0) is 24.6. The first-order valence-electron chi connectivity index (χ1n) is 11.4. The van der Waals surface area contributed by atoms with Gasteiger partial charge >= 0.3 is 0 Å². The first-order chi connectivity index (χ1) is 17.1. The lowest BCUT2D eigenvalue weighted by Gasteiger charge is -2.15. The number of aryl methyl sites for hydroxylation is 1. The number of anilines is 3. The van der Waals surface area contributed by atoms with E-state index in [1.807, 2.05) is 66.1 Å². The van der Waals surface area contributed by atoms with Crippen LogP contribution in [0.15, 0.2) is 78.0 Å². The maximum absolute atomic E-state index is 12.6. The van der Waals surface area contributed by atoms with Gasteiger partial charge in [-0.05, 0) is 54.1 Å². The van der Waals surface area contributed by atoms with Crippen LogP contribution in [0, 0.1) is 0 Å². The maximum atomic E-state index is 12.6. The van der Waals surface area contributed by atoms with Gasteiger partial charge in [0, 0.05) is 27.9 Å². The molecule has 0 saturated carbocycles. The minimum absolute atomic E-state index is 0.104. The van der Waals surface area contributed by atoms with Crippen molar-refractivity contribution < 1.29 is 9.53 Å². The number of nitrogens with one attached hydrogen (secondary N) is 2. The summed E-state index contributed by atoms with van der Waals surface area (Å²) in [5, 5.41) is 10.4. The second-order valence-electron chi connectivity index (χ2n) is 7.93. The van der Waals surface area contributed by atoms with Crippen LogP contribution in [-0.4, -0.2) is 23.0 Å². The summed E-state index contributed by atoms with van der Waals surface area (Å²) in [5.74, 6) is 2.02. The Kier molecular flexibility index (Phi) is 7.90. The average Bonchev–Trinajstić information content (AvgIpc) is 3.41. The molecule has 0 aliphatic carbocycles. The molecule has 2 heterocycles. The third-order valence-corrected chi connectivity index (χ3v) is 6.20. The van der Waals surface area contributed by atoms with Crippen LogP contribution < -0.4 is 15.4 Å². The van der Waals surface area contributed by atoms with Crippen LogP contribution in [0.2, 0.25) is 0 Å². The minimum atomic E-state index is -0.104. The highest BCUT2D eigenvalue weighted by Crippen LogP contribution is 2.28. The summed E-state index contributed by atoms with van der Waals surface area (Å²) in [5.41, 5.74) is 5.51. The largest absolute Gasteiger partial charge is 0.495 e. The van der Waals surface area contributed by atoms with Crippen molar-refractivity contribution in [2.24, 2.45) is 0 Å². The summed E-state index contributed by atoms with van der Waals surface area (Å²) in [6.45, 7) is 6.00. The summed E-state index contributed by atoms with van der Waals surface area (Å²) >= 11 is 1.62. The molecule has 2 N–H and O–H groups in total. The molecular formula is C28H28N4O2S. The van der Waals surface area contributed by atoms with Crippen molar-refractivity contribution in [3.05, 3.63) is 94.8 Å². The molecule has 2 aromatic carbocycles. The molecule has 0 radical (unpaired) electrons. The first-order valence-corrected chi connectivity index (χ1v) is 12.4. The van der Waals surface area contributed by atoms with E-state index in [1.54, 1.807) is 18.4 Å². The summed E-state index contributed by atoms with van der Waals surface area (Å²) < 4.78 is 5.31. The number of benzene rings is 2. The van der Waals surface area contributed by atoms with E-state index in [9.17, 15) is 4.79 Å². The molecule has 1 amide bonds. The molecule has 0 atom stereocenters. The van der Waals surface area contributed by atoms with Crippen LogP contribution >= 0.6 is 11.3 Å². The van der Waals surface area contributed by atoms with Gasteiger partial charge in [0.25, 0.3) is 0 Å². The van der Waals surface area contributed by atoms with E-state index >= 15 is 0 Å². The van der Waals surface area contributed by atoms with Crippen molar-refractivity contribution >= 4 is 34.4 Å². The number of nitrogens with zero attached hydrogens (tertiary/aromatic N) is 2. The minimum Gasteiger partial charge on any atom is -0.495 e. The van der Waals surface area contributed by atoms with E-state index in [2.05, 4.69) is 29.5 Å². The number of amides is 1. The Balaban J connectivity index is 1.51. The molecule has 6 nitrogen and oxygen atoms in total. The summed E-state index contributed by atoms with van der Waals surface area (Å²) in [6.07, 6.45) is 3.61. The normalized spacial score (nSPS) is 10.6. The molecule has 0 unspecified atom stereocenters. The van der Waals surface area contributed by atoms with Gasteiger partial charge in [-0.2, -0.15) is 11.3 Å². The predicted molar refractivity (Wildman–Crippen MR) is 144 cm³/mol. The van der Waals surface area contributed by atoms with E-state index in [1.165, 1.54) is 0 Å². The van der Waals surface area contributed by atoms with Gasteiger partial charge in [-0.1, -0.05) is 37.3 Å². The van der Waals surface area contributed by atoms with Crippen molar-refractivity contribution in [1.82, 2.24) is 9.97 Å². The van der Waals surface area contributed by atoms with Crippen LogP contribution in [0.4, 0.5) is 17.2 Å². The molecule has 0 saturated heterocycles. The first kappa shape index (κ1) is 24.2. The topological polar surface area (TPSA) is 76.1 Å². The van der Waals surface area contributed by atoms with Gasteiger partial charge in [0.15, 0.2) is 5.82 Å². The number of aromatic nitrogens is 2. The Hall–Kier alpha value is -3.97. The highest BCUT2D eigenvalue weighted by Gasteiger charge is 2.15. The lowest BCUT2D eigenvalue weighted by Crippen LogP contribution is -2.15. The van der Waals surface area contributed by atoms with E-state index in [0.717, 1.165) is 40.3 Å². The lowest BCUT2D eigenvalue weighted by molar-refractivity contribution is -0.115. The van der Waals surface area contributed by atoms with Gasteiger partial charge in [0.1, 0.15) is 11.6 Å². The molecule has 178 valence electrons. The van der Waals surface area contributed by atoms with Crippen molar-refractivity contribution in [1.29, 1.82) is 0 Å². The summed E-state index contributed by atoms with van der Waals surface area (Å²) in [4.78, 5) is 22.2. The molecule has 0 aliphatic rings. The van der Waals surface area contributed by atoms with Gasteiger partial charge < -0.3 is 15.4 Å². The molecule has 0 aliphatic heterocycles. The lowest BCUT2D eigenvalue weighted by atomic mass is 10.1. The fraction of sp³-hybridized carbons (Fsp3) is 0.179. The molecule has 0 bridgehead atoms. The van der Waals surface area contributed by atoms with Gasteiger partial charge in [-0.15, -0.1) is 6.58 Å². The third kappa shape index (κ3) is 5.94. The fourth-order valence-corrected chi connectivity index (χ4v) is 4.41. The second-order valence-corrected chi connectivity index (χ2v) is 8.71. The van der Waals surface area contributed by atoms with E-state index < -0.39 is 0 Å². The highest BCUT2D eigenvalue weighted by molar-refractivity contribution is 7.08. The Labute approximate surface area is 209 Å². The van der Waals surface area contributed by atoms with Crippen LogP contribution in [0.1, 0.15) is 23.7 Å². The second kappa shape index (κ2) is 11.4. The monoisotopic (exact) mass is 484 g/mol. The standard InChI is InChI=1S/C28H28N4O2S/c1-4-8-22-23(5-2)31-27(20-15-16-35-18-20)32-28(22)29-21-13-11-19(12-14-21)17-26(33)30-24-9-6-7-10-25(24)34-3/h4,6-7,9-16,18H,1,5,8,17H2,2-3H3,(H,30,33)(H,29,31,32). The number of allylic oxidation sites excluding steroid dienone is 1. The van der Waals surface area contributed by atoms with Crippen LogP contribution in [0.25, 0.3) is 11.4 Å². The molecule has 4 aromatic rings. The molecule has 0 fully saturated rings. The van der Waals surface area contributed by atoms with Crippen LogP contribution in [-0.2, 0) is 24.1 Å². The fourth-order valence-electron chi connectivity index (χ4n) is 3.78. The van der Waals surface area contributed by atoms with Gasteiger partial charge in [-0.25, -0.2) is 9.97 Å². The predicted octanol–water partition coefficient (Wildman–Crippen LogP) is 6.43. The molecule has 7 heteroatoms. The van der Waals surface area contributed by atoms with Gasteiger partial charge in [-0.3, -0.25) is 4.79 Å². The summed E-state index contributed by atoms with van der Waals surface area (Å²) in [6, 6.07) is 17.2. The molecule has 2 aromatic heterocycles. The summed E-state index contributed by atoms with van der Waals surface area (Å²) in [7, 11) is 1.58. The van der Waals surface area contributed by atoms with Crippen LogP contribution in [0.5, 0.6) is 5.75 Å². The highest BCUT2D eigenvalue weighted by atomic mass is 32.1. The van der Waals surface area contributed by atoms with Crippen molar-refractivity contribution in [2.45, 2.75) is 26.2 Å². The van der Waals surface area contributed by atoms with E-state index in [0.29, 0.717) is 23.7 Å². The Morgan fingerprint density at radius 2 is 1.91 bits per heavy atom. The smallest absolute Gasteiger partial charge is 0.228 e. The molecular weight excluding hydrogens is 456 g/mol. The number of rotatable bonds is 10. The number of methoxy groups -OCH3 is 1. The zero-order valence-corrected chi connectivity index (χ0v) is 20.7. The number of hydrogen-bond acceptors (Lipinski definition) is 6. The van der Waals surface area contributed by atoms with Crippen molar-refractivity contribution in [2.75, 3.05) is 17.7 Å². The van der Waals surface area contributed by atoms with Gasteiger partial charge in [0.05, 0.1) is 19.2 Å². The molecule has 4 rings (SSSR count). The van der Waals surface area contributed by atoms with E-state index in [4.69, 9.17) is 14.7 Å². The maximum Gasteiger partial charge on any atom is 0.228 e. The SMILES string of the molecule is C=CCc1c(CC)nc(-c2ccsc2)nc1Nc1ccc(CC(=O)Nc2ccccc2OC)cc1. The number of ether oxygens (including phenoxy) is 1. The van der Waals surface area contributed by atoms with Crippen molar-refractivity contribution in [3.8, 4) is 17.1 Å². The Morgan fingerprint density at radius 1 is 1.11 bits per heavy atom. The zero-order valence-electron chi connectivity index (χ0n) is 19.9. The number of carbonyl (C=O) groups is 1. The van der Waals surface area contributed by atoms with Crippen LogP contribution in [0.3, 0.4) is 0 Å². The molecule has 35 heavy (non-hydrogen) atoms. The number of thiophene rings is 1. The number of carbonyl (C=O) groups excluding carboxylic acids is 1. The third-order valence-electron chi connectivity index (χ3n) is 5.52. The Bertz CT molecular complexity index is 1300. The van der Waals surface area contributed by atoms with Gasteiger partial charge in [0.2, 0.25) is 5.91 Å².